The van der Waals surface area contributed by atoms with E-state index in [-0.39, 0.29) is 24.0 Å². The molecule has 2 atom stereocenters. The molecule has 22 heavy (non-hydrogen) atoms. The third-order valence-corrected chi connectivity index (χ3v) is 4.92. The summed E-state index contributed by atoms with van der Waals surface area (Å²) in [6, 6.07) is 0. The highest BCUT2D eigenvalue weighted by atomic mass is 16.5. The summed E-state index contributed by atoms with van der Waals surface area (Å²) in [5.74, 6) is 0.633. The maximum Gasteiger partial charge on any atom is 0.251 e. The Bertz CT molecular complexity index is 395. The third kappa shape index (κ3) is 3.79. The minimum absolute atomic E-state index is 0.0235. The number of carbonyl (C=O) groups is 2. The molecule has 3 aliphatic rings. The van der Waals surface area contributed by atoms with Crippen molar-refractivity contribution >= 4 is 11.8 Å². The van der Waals surface area contributed by atoms with E-state index in [2.05, 4.69) is 5.32 Å². The van der Waals surface area contributed by atoms with Crippen LogP contribution in [0.1, 0.15) is 38.5 Å². The highest BCUT2D eigenvalue weighted by molar-refractivity contribution is 5.81. The first-order chi connectivity index (χ1) is 10.7. The van der Waals surface area contributed by atoms with E-state index in [1.165, 1.54) is 0 Å². The Balaban J connectivity index is 1.36. The molecule has 1 N–H and O–H groups in total. The fourth-order valence-corrected chi connectivity index (χ4v) is 3.48. The highest BCUT2D eigenvalue weighted by Crippen LogP contribution is 2.21. The van der Waals surface area contributed by atoms with Crippen LogP contribution in [0.2, 0.25) is 0 Å². The van der Waals surface area contributed by atoms with Crippen molar-refractivity contribution in [3.63, 3.8) is 0 Å². The van der Waals surface area contributed by atoms with E-state index in [0.29, 0.717) is 25.7 Å². The summed E-state index contributed by atoms with van der Waals surface area (Å²) in [6.45, 7) is 3.66. The van der Waals surface area contributed by atoms with E-state index in [0.717, 1.165) is 51.6 Å². The van der Waals surface area contributed by atoms with Crippen LogP contribution in [0, 0.1) is 5.92 Å². The number of likely N-dealkylation sites (tertiary alicyclic amines) is 1. The molecule has 0 bridgehead atoms. The predicted octanol–water partition coefficient (Wildman–Crippen LogP) is 0.699. The van der Waals surface area contributed by atoms with Crippen LogP contribution in [0.4, 0.5) is 0 Å². The molecule has 0 radical (unpaired) electrons. The molecular weight excluding hydrogens is 284 g/mol. The van der Waals surface area contributed by atoms with Gasteiger partial charge >= 0.3 is 0 Å². The van der Waals surface area contributed by atoms with Gasteiger partial charge in [-0.25, -0.2) is 0 Å². The smallest absolute Gasteiger partial charge is 0.251 e. The maximum absolute atomic E-state index is 12.3. The van der Waals surface area contributed by atoms with Crippen LogP contribution in [0.3, 0.4) is 0 Å². The average Bonchev–Trinajstić information content (AvgIpc) is 3.25. The Morgan fingerprint density at radius 2 is 1.59 bits per heavy atom. The fraction of sp³-hybridized carbons (Fsp3) is 0.875. The average molecular weight is 310 g/mol. The number of nitrogens with one attached hydrogen (secondary N) is 1. The Morgan fingerprint density at radius 3 is 2.18 bits per heavy atom. The molecule has 0 unspecified atom stereocenters. The molecule has 124 valence electrons. The maximum atomic E-state index is 12.3. The summed E-state index contributed by atoms with van der Waals surface area (Å²) in [5.41, 5.74) is 0. The van der Waals surface area contributed by atoms with Crippen LogP contribution < -0.4 is 5.32 Å². The monoisotopic (exact) mass is 310 g/mol. The molecule has 0 aromatic carbocycles. The molecular formula is C16H26N2O4. The number of rotatable bonds is 4. The van der Waals surface area contributed by atoms with Gasteiger partial charge in [-0.05, 0) is 44.4 Å². The standard InChI is InChI=1S/C16H26N2O4/c19-15(13-3-1-9-21-13)17-11-12-5-7-18(8-6-12)16(20)14-4-2-10-22-14/h12-14H,1-11H2,(H,17,19)/t13-,14-/m0/s1. The number of ether oxygens (including phenoxy) is 2. The van der Waals surface area contributed by atoms with Crippen LogP contribution in [-0.4, -0.2) is 61.8 Å². The molecule has 3 rings (SSSR count). The summed E-state index contributed by atoms with van der Waals surface area (Å²) in [6.07, 6.45) is 5.09. The molecule has 0 aromatic rings. The van der Waals surface area contributed by atoms with Gasteiger partial charge in [0.1, 0.15) is 12.2 Å². The second-order valence-electron chi connectivity index (χ2n) is 6.52. The number of hydrogen-bond donors (Lipinski definition) is 1. The topological polar surface area (TPSA) is 67.9 Å². The summed E-state index contributed by atoms with van der Waals surface area (Å²) in [5, 5.41) is 3.00. The van der Waals surface area contributed by atoms with Crippen molar-refractivity contribution < 1.29 is 19.1 Å². The lowest BCUT2D eigenvalue weighted by Gasteiger charge is -2.33. The molecule has 6 heteroatoms. The van der Waals surface area contributed by atoms with Gasteiger partial charge in [0.15, 0.2) is 0 Å². The number of nitrogens with zero attached hydrogens (tertiary/aromatic N) is 1. The number of piperidine rings is 1. The van der Waals surface area contributed by atoms with Gasteiger partial charge in [0.05, 0.1) is 0 Å². The molecule has 0 aliphatic carbocycles. The number of carbonyl (C=O) groups excluding carboxylic acids is 2. The Hall–Kier alpha value is -1.14. The van der Waals surface area contributed by atoms with Crippen LogP contribution >= 0.6 is 0 Å². The molecule has 0 spiro atoms. The van der Waals surface area contributed by atoms with Crippen molar-refractivity contribution in [1.29, 1.82) is 0 Å². The first-order valence-electron chi connectivity index (χ1n) is 8.54. The van der Waals surface area contributed by atoms with Crippen molar-refractivity contribution in [2.75, 3.05) is 32.8 Å². The van der Waals surface area contributed by atoms with Gasteiger partial charge in [0.2, 0.25) is 5.91 Å². The Kier molecular flexibility index (Phi) is 5.31. The highest BCUT2D eigenvalue weighted by Gasteiger charge is 2.31. The second-order valence-corrected chi connectivity index (χ2v) is 6.52. The van der Waals surface area contributed by atoms with Crippen molar-refractivity contribution in [2.45, 2.75) is 50.7 Å². The first-order valence-corrected chi connectivity index (χ1v) is 8.54. The SMILES string of the molecule is O=C(NCC1CCN(C(=O)[C@@H]2CCCO2)CC1)[C@@H]1CCCO1. The molecule has 3 heterocycles. The van der Waals surface area contributed by atoms with Gasteiger partial charge in [-0.3, -0.25) is 9.59 Å². The lowest BCUT2D eigenvalue weighted by Crippen LogP contribution is -2.46. The van der Waals surface area contributed by atoms with E-state index in [9.17, 15) is 9.59 Å². The van der Waals surface area contributed by atoms with Crippen LogP contribution in [0.5, 0.6) is 0 Å². The van der Waals surface area contributed by atoms with Gasteiger partial charge in [-0.1, -0.05) is 0 Å². The zero-order chi connectivity index (χ0) is 15.4. The Morgan fingerprint density at radius 1 is 0.955 bits per heavy atom. The van der Waals surface area contributed by atoms with Crippen LogP contribution in [0.25, 0.3) is 0 Å². The van der Waals surface area contributed by atoms with Gasteiger partial charge in [0.25, 0.3) is 5.91 Å². The third-order valence-electron chi connectivity index (χ3n) is 4.92. The fourth-order valence-electron chi connectivity index (χ4n) is 3.48. The molecule has 3 aliphatic heterocycles. The van der Waals surface area contributed by atoms with Gasteiger partial charge in [-0.15, -0.1) is 0 Å². The minimum Gasteiger partial charge on any atom is -0.368 e. The van der Waals surface area contributed by atoms with E-state index in [1.807, 2.05) is 4.90 Å². The van der Waals surface area contributed by atoms with Crippen molar-refractivity contribution in [2.24, 2.45) is 5.92 Å². The van der Waals surface area contributed by atoms with Crippen LogP contribution in [0.15, 0.2) is 0 Å². The Labute approximate surface area is 131 Å². The predicted molar refractivity (Wildman–Crippen MR) is 80.3 cm³/mol. The second kappa shape index (κ2) is 7.42. The van der Waals surface area contributed by atoms with E-state index >= 15 is 0 Å². The van der Waals surface area contributed by atoms with E-state index in [4.69, 9.17) is 9.47 Å². The van der Waals surface area contributed by atoms with Gasteiger partial charge < -0.3 is 19.7 Å². The lowest BCUT2D eigenvalue weighted by atomic mass is 9.96. The summed E-state index contributed by atoms with van der Waals surface area (Å²) in [7, 11) is 0. The zero-order valence-electron chi connectivity index (χ0n) is 13.1. The molecule has 3 saturated heterocycles. The number of amides is 2. The molecule has 2 amide bonds. The van der Waals surface area contributed by atoms with Crippen molar-refractivity contribution in [3.8, 4) is 0 Å². The summed E-state index contributed by atoms with van der Waals surface area (Å²) >= 11 is 0. The van der Waals surface area contributed by atoms with Crippen molar-refractivity contribution in [1.82, 2.24) is 10.2 Å². The quantitative estimate of drug-likeness (QED) is 0.830. The largest absolute Gasteiger partial charge is 0.368 e. The first kappa shape index (κ1) is 15.7. The molecule has 0 aromatic heterocycles. The van der Waals surface area contributed by atoms with E-state index in [1.54, 1.807) is 0 Å². The number of hydrogen-bond acceptors (Lipinski definition) is 4. The normalized spacial score (nSPS) is 29.7. The summed E-state index contributed by atoms with van der Waals surface area (Å²) in [4.78, 5) is 26.1. The molecule has 6 nitrogen and oxygen atoms in total. The summed E-state index contributed by atoms with van der Waals surface area (Å²) < 4.78 is 10.8. The van der Waals surface area contributed by atoms with E-state index < -0.39 is 0 Å². The molecule has 0 saturated carbocycles. The molecule has 3 fully saturated rings. The van der Waals surface area contributed by atoms with Gasteiger partial charge in [-0.2, -0.15) is 0 Å². The van der Waals surface area contributed by atoms with Crippen molar-refractivity contribution in [3.05, 3.63) is 0 Å². The lowest BCUT2D eigenvalue weighted by molar-refractivity contribution is -0.142. The van der Waals surface area contributed by atoms with Gasteiger partial charge in [0, 0.05) is 32.8 Å². The minimum atomic E-state index is -0.249. The zero-order valence-corrected chi connectivity index (χ0v) is 13.1. The van der Waals surface area contributed by atoms with Crippen LogP contribution in [-0.2, 0) is 19.1 Å².